The summed E-state index contributed by atoms with van der Waals surface area (Å²) in [5.74, 6) is 0.673. The Balaban J connectivity index is 1.46. The van der Waals surface area contributed by atoms with Crippen molar-refractivity contribution < 1.29 is 9.18 Å². The van der Waals surface area contributed by atoms with Crippen molar-refractivity contribution in [1.29, 1.82) is 0 Å². The largest absolute Gasteiger partial charge is 0.338 e. The van der Waals surface area contributed by atoms with E-state index in [1.807, 2.05) is 66.4 Å². The van der Waals surface area contributed by atoms with E-state index < -0.39 is 0 Å². The van der Waals surface area contributed by atoms with E-state index in [0.717, 1.165) is 46.4 Å². The van der Waals surface area contributed by atoms with Gasteiger partial charge in [-0.3, -0.25) is 4.79 Å². The molecule has 1 aliphatic rings. The first-order valence-electron chi connectivity index (χ1n) is 10.7. The number of hydrogen-bond acceptors (Lipinski definition) is 2. The Kier molecular flexibility index (Phi) is 5.02. The van der Waals surface area contributed by atoms with Gasteiger partial charge >= 0.3 is 0 Å². The average molecular weight is 413 g/mol. The van der Waals surface area contributed by atoms with Gasteiger partial charge in [-0.05, 0) is 49.6 Å². The summed E-state index contributed by atoms with van der Waals surface area (Å²) in [5.41, 5.74) is 4.37. The van der Waals surface area contributed by atoms with Crippen molar-refractivity contribution in [3.8, 4) is 11.4 Å². The molecule has 0 atom stereocenters. The van der Waals surface area contributed by atoms with Crippen molar-refractivity contribution in [2.24, 2.45) is 0 Å². The molecule has 0 saturated carbocycles. The van der Waals surface area contributed by atoms with E-state index in [9.17, 15) is 9.18 Å². The number of hydrogen-bond donors (Lipinski definition) is 0. The molecule has 0 radical (unpaired) electrons. The minimum atomic E-state index is -0.263. The van der Waals surface area contributed by atoms with Gasteiger partial charge in [0.05, 0.1) is 11.0 Å². The molecule has 1 amide bonds. The number of halogens is 1. The van der Waals surface area contributed by atoms with Gasteiger partial charge in [0, 0.05) is 30.3 Å². The second-order valence-corrected chi connectivity index (χ2v) is 8.14. The Morgan fingerprint density at radius 2 is 1.68 bits per heavy atom. The van der Waals surface area contributed by atoms with Crippen LogP contribution in [0, 0.1) is 12.7 Å². The van der Waals surface area contributed by atoms with Gasteiger partial charge in [0.2, 0.25) is 0 Å². The zero-order valence-corrected chi connectivity index (χ0v) is 17.5. The van der Waals surface area contributed by atoms with E-state index >= 15 is 0 Å². The first kappa shape index (κ1) is 19.5. The Labute approximate surface area is 181 Å². The van der Waals surface area contributed by atoms with Crippen LogP contribution in [-0.2, 0) is 0 Å². The highest BCUT2D eigenvalue weighted by atomic mass is 19.1. The number of fused-ring (bicyclic) bond motifs is 1. The molecule has 3 aromatic carbocycles. The van der Waals surface area contributed by atoms with Gasteiger partial charge in [0.1, 0.15) is 11.6 Å². The lowest BCUT2D eigenvalue weighted by molar-refractivity contribution is 0.0696. The predicted molar refractivity (Wildman–Crippen MR) is 120 cm³/mol. The molecule has 5 rings (SSSR count). The zero-order chi connectivity index (χ0) is 21.4. The SMILES string of the molecule is Cc1ccccc1C(=O)N1CCC(n2c(-c3ccccc3)nc3ccc(F)cc32)CC1. The van der Waals surface area contributed by atoms with Crippen LogP contribution < -0.4 is 0 Å². The number of nitrogens with zero attached hydrogens (tertiary/aromatic N) is 3. The Bertz CT molecular complexity index is 1240. The number of piperidine rings is 1. The predicted octanol–water partition coefficient (Wildman–Crippen LogP) is 5.63. The van der Waals surface area contributed by atoms with Crippen LogP contribution in [0.3, 0.4) is 0 Å². The number of carbonyl (C=O) groups excluding carboxylic acids is 1. The first-order valence-corrected chi connectivity index (χ1v) is 10.7. The maximum atomic E-state index is 14.1. The molecule has 156 valence electrons. The molecular formula is C26H24FN3O. The Morgan fingerprint density at radius 1 is 0.968 bits per heavy atom. The number of aryl methyl sites for hydroxylation is 1. The molecule has 4 nitrogen and oxygen atoms in total. The topological polar surface area (TPSA) is 38.1 Å². The maximum Gasteiger partial charge on any atom is 0.254 e. The van der Waals surface area contributed by atoms with Crippen molar-refractivity contribution in [3.05, 3.63) is 89.7 Å². The number of likely N-dealkylation sites (tertiary alicyclic amines) is 1. The highest BCUT2D eigenvalue weighted by Gasteiger charge is 2.28. The fourth-order valence-electron chi connectivity index (χ4n) is 4.54. The quantitative estimate of drug-likeness (QED) is 0.437. The molecule has 0 unspecified atom stereocenters. The summed E-state index contributed by atoms with van der Waals surface area (Å²) in [7, 11) is 0. The van der Waals surface area contributed by atoms with Crippen molar-refractivity contribution in [2.75, 3.05) is 13.1 Å². The normalized spacial score (nSPS) is 14.8. The van der Waals surface area contributed by atoms with E-state index in [2.05, 4.69) is 4.57 Å². The summed E-state index contributed by atoms with van der Waals surface area (Å²) in [5, 5.41) is 0. The molecule has 1 saturated heterocycles. The summed E-state index contributed by atoms with van der Waals surface area (Å²) in [6, 6.07) is 22.7. The molecular weight excluding hydrogens is 389 g/mol. The minimum absolute atomic E-state index is 0.0846. The van der Waals surface area contributed by atoms with Gasteiger partial charge in [-0.2, -0.15) is 0 Å². The Morgan fingerprint density at radius 3 is 2.42 bits per heavy atom. The van der Waals surface area contributed by atoms with E-state index in [0.29, 0.717) is 13.1 Å². The van der Waals surface area contributed by atoms with Crippen LogP contribution in [0.2, 0.25) is 0 Å². The molecule has 0 aliphatic carbocycles. The van der Waals surface area contributed by atoms with Crippen molar-refractivity contribution >= 4 is 16.9 Å². The lowest BCUT2D eigenvalue weighted by Gasteiger charge is -2.34. The molecule has 0 bridgehead atoms. The van der Waals surface area contributed by atoms with Gasteiger partial charge < -0.3 is 9.47 Å². The molecule has 4 aromatic rings. The minimum Gasteiger partial charge on any atom is -0.338 e. The number of rotatable bonds is 3. The van der Waals surface area contributed by atoms with Gasteiger partial charge in [0.25, 0.3) is 5.91 Å². The number of aromatic nitrogens is 2. The third-order valence-corrected chi connectivity index (χ3v) is 6.18. The van der Waals surface area contributed by atoms with E-state index in [1.165, 1.54) is 6.07 Å². The van der Waals surface area contributed by atoms with Crippen LogP contribution in [0.1, 0.15) is 34.8 Å². The first-order chi connectivity index (χ1) is 15.1. The Hall–Kier alpha value is -3.47. The van der Waals surface area contributed by atoms with Crippen molar-refractivity contribution in [3.63, 3.8) is 0 Å². The van der Waals surface area contributed by atoms with Crippen LogP contribution in [0.5, 0.6) is 0 Å². The van der Waals surface area contributed by atoms with Gasteiger partial charge in [-0.15, -0.1) is 0 Å². The summed E-state index contributed by atoms with van der Waals surface area (Å²) >= 11 is 0. The highest BCUT2D eigenvalue weighted by Crippen LogP contribution is 2.34. The summed E-state index contributed by atoms with van der Waals surface area (Å²) in [4.78, 5) is 19.8. The van der Waals surface area contributed by atoms with Gasteiger partial charge in [-0.25, -0.2) is 9.37 Å². The monoisotopic (exact) mass is 413 g/mol. The standard InChI is InChI=1S/C26H24FN3O/c1-18-7-5-6-10-22(18)26(31)29-15-13-21(14-16-29)30-24-17-20(27)11-12-23(24)28-25(30)19-8-3-2-4-9-19/h2-12,17,21H,13-16H2,1H3. The van der Waals surface area contributed by atoms with E-state index in [1.54, 1.807) is 12.1 Å². The fraction of sp³-hybridized carbons (Fsp3) is 0.231. The molecule has 5 heteroatoms. The third-order valence-electron chi connectivity index (χ3n) is 6.18. The number of amides is 1. The van der Waals surface area contributed by atoms with Crippen LogP contribution in [0.4, 0.5) is 4.39 Å². The lowest BCUT2D eigenvalue weighted by atomic mass is 10.0. The number of imidazole rings is 1. The van der Waals surface area contributed by atoms with E-state index in [-0.39, 0.29) is 17.8 Å². The number of carbonyl (C=O) groups is 1. The molecule has 1 aromatic heterocycles. The van der Waals surface area contributed by atoms with Crippen LogP contribution in [0.15, 0.2) is 72.8 Å². The third kappa shape index (κ3) is 3.61. The van der Waals surface area contributed by atoms with Crippen molar-refractivity contribution in [1.82, 2.24) is 14.5 Å². The molecule has 1 fully saturated rings. The number of benzene rings is 3. The molecule has 1 aliphatic heterocycles. The van der Waals surface area contributed by atoms with Crippen molar-refractivity contribution in [2.45, 2.75) is 25.8 Å². The second kappa shape index (κ2) is 7.99. The molecule has 2 heterocycles. The summed E-state index contributed by atoms with van der Waals surface area (Å²) in [6.45, 7) is 3.31. The van der Waals surface area contributed by atoms with E-state index in [4.69, 9.17) is 4.98 Å². The second-order valence-electron chi connectivity index (χ2n) is 8.14. The summed E-state index contributed by atoms with van der Waals surface area (Å²) in [6.07, 6.45) is 1.61. The molecule has 0 spiro atoms. The van der Waals surface area contributed by atoms with Gasteiger partial charge in [-0.1, -0.05) is 48.5 Å². The van der Waals surface area contributed by atoms with Crippen LogP contribution >= 0.6 is 0 Å². The fourth-order valence-corrected chi connectivity index (χ4v) is 4.54. The van der Waals surface area contributed by atoms with Crippen LogP contribution in [0.25, 0.3) is 22.4 Å². The molecule has 0 N–H and O–H groups in total. The highest BCUT2D eigenvalue weighted by molar-refractivity contribution is 5.95. The molecule has 31 heavy (non-hydrogen) atoms. The average Bonchev–Trinajstić information content (AvgIpc) is 3.18. The lowest BCUT2D eigenvalue weighted by Crippen LogP contribution is -2.39. The smallest absolute Gasteiger partial charge is 0.254 e. The van der Waals surface area contributed by atoms with Gasteiger partial charge in [0.15, 0.2) is 0 Å². The maximum absolute atomic E-state index is 14.1. The zero-order valence-electron chi connectivity index (χ0n) is 17.5. The summed E-state index contributed by atoms with van der Waals surface area (Å²) < 4.78 is 16.3. The van der Waals surface area contributed by atoms with Crippen LogP contribution in [-0.4, -0.2) is 33.4 Å².